The molecule has 18 heavy (non-hydrogen) atoms. The number of anilines is 1. The molecule has 96 valence electrons. The summed E-state index contributed by atoms with van der Waals surface area (Å²) in [5.74, 6) is 0.478. The number of para-hydroxylation sites is 1. The Morgan fingerprint density at radius 1 is 1.22 bits per heavy atom. The van der Waals surface area contributed by atoms with Crippen LogP contribution in [0, 0.1) is 0 Å². The van der Waals surface area contributed by atoms with Crippen LogP contribution in [0.25, 0.3) is 0 Å². The molecule has 2 rings (SSSR count). The standard InChI is InChI=1S/C15H21N3/c1-18(15-5-3-2-4-6-15)12-14(7-9-16)13-8-10-17-11-13/h2-6,8,10-11,14,17H,7,9,12,16H2,1H3. The van der Waals surface area contributed by atoms with Crippen molar-refractivity contribution in [3.63, 3.8) is 0 Å². The van der Waals surface area contributed by atoms with Gasteiger partial charge in [-0.05, 0) is 36.7 Å². The lowest BCUT2D eigenvalue weighted by molar-refractivity contribution is 0.625. The van der Waals surface area contributed by atoms with Gasteiger partial charge in [0.25, 0.3) is 0 Å². The minimum Gasteiger partial charge on any atom is -0.374 e. The fourth-order valence-electron chi connectivity index (χ4n) is 2.27. The number of nitrogens with two attached hydrogens (primary N) is 1. The number of likely N-dealkylation sites (N-methyl/N-ethyl adjacent to an activating group) is 1. The van der Waals surface area contributed by atoms with Crippen LogP contribution in [0.4, 0.5) is 5.69 Å². The smallest absolute Gasteiger partial charge is 0.0363 e. The van der Waals surface area contributed by atoms with E-state index in [1.165, 1.54) is 11.3 Å². The molecule has 0 aliphatic carbocycles. The Labute approximate surface area is 109 Å². The van der Waals surface area contributed by atoms with Crippen molar-refractivity contribution < 1.29 is 0 Å². The van der Waals surface area contributed by atoms with Gasteiger partial charge in [0.1, 0.15) is 0 Å². The quantitative estimate of drug-likeness (QED) is 0.819. The highest BCUT2D eigenvalue weighted by molar-refractivity contribution is 5.45. The largest absolute Gasteiger partial charge is 0.374 e. The number of nitrogens with zero attached hydrogens (tertiary/aromatic N) is 1. The molecule has 0 amide bonds. The Kier molecular flexibility index (Phi) is 4.42. The van der Waals surface area contributed by atoms with E-state index in [1.807, 2.05) is 12.3 Å². The van der Waals surface area contributed by atoms with E-state index in [4.69, 9.17) is 5.73 Å². The Hall–Kier alpha value is -1.74. The Morgan fingerprint density at radius 3 is 2.61 bits per heavy atom. The van der Waals surface area contributed by atoms with Gasteiger partial charge in [-0.25, -0.2) is 0 Å². The summed E-state index contributed by atoms with van der Waals surface area (Å²) < 4.78 is 0. The van der Waals surface area contributed by atoms with Gasteiger partial charge >= 0.3 is 0 Å². The lowest BCUT2D eigenvalue weighted by Gasteiger charge is -2.25. The molecule has 1 aromatic carbocycles. The summed E-state index contributed by atoms with van der Waals surface area (Å²) in [5.41, 5.74) is 8.30. The summed E-state index contributed by atoms with van der Waals surface area (Å²) in [5, 5.41) is 0. The Bertz CT molecular complexity index is 436. The normalized spacial score (nSPS) is 12.3. The average molecular weight is 243 g/mol. The summed E-state index contributed by atoms with van der Waals surface area (Å²) in [6.45, 7) is 1.71. The van der Waals surface area contributed by atoms with Crippen LogP contribution in [0.1, 0.15) is 17.9 Å². The van der Waals surface area contributed by atoms with E-state index in [9.17, 15) is 0 Å². The van der Waals surface area contributed by atoms with Crippen LogP contribution in [0.15, 0.2) is 48.8 Å². The van der Waals surface area contributed by atoms with E-state index in [2.05, 4.69) is 53.5 Å². The number of aromatic amines is 1. The highest BCUT2D eigenvalue weighted by Crippen LogP contribution is 2.22. The number of aromatic nitrogens is 1. The summed E-state index contributed by atoms with van der Waals surface area (Å²) in [7, 11) is 2.13. The van der Waals surface area contributed by atoms with Crippen LogP contribution in [-0.2, 0) is 0 Å². The number of benzene rings is 1. The third kappa shape index (κ3) is 3.14. The maximum Gasteiger partial charge on any atom is 0.0363 e. The van der Waals surface area contributed by atoms with Gasteiger partial charge in [-0.15, -0.1) is 0 Å². The van der Waals surface area contributed by atoms with Gasteiger partial charge in [0.05, 0.1) is 0 Å². The molecule has 0 aliphatic rings. The zero-order valence-corrected chi connectivity index (χ0v) is 10.8. The van der Waals surface area contributed by atoms with Gasteiger partial charge in [-0.2, -0.15) is 0 Å². The molecule has 3 heteroatoms. The van der Waals surface area contributed by atoms with Gasteiger partial charge < -0.3 is 15.6 Å². The molecule has 0 spiro atoms. The number of nitrogens with one attached hydrogen (secondary N) is 1. The SMILES string of the molecule is CN(CC(CCN)c1cc[nH]c1)c1ccccc1. The molecule has 3 N–H and O–H groups in total. The lowest BCUT2D eigenvalue weighted by Crippen LogP contribution is -2.25. The zero-order valence-electron chi connectivity index (χ0n) is 10.8. The number of rotatable bonds is 6. The monoisotopic (exact) mass is 243 g/mol. The number of hydrogen-bond acceptors (Lipinski definition) is 2. The van der Waals surface area contributed by atoms with E-state index in [0.29, 0.717) is 5.92 Å². The van der Waals surface area contributed by atoms with E-state index in [1.54, 1.807) is 0 Å². The highest BCUT2D eigenvalue weighted by Gasteiger charge is 2.14. The van der Waals surface area contributed by atoms with Crippen LogP contribution >= 0.6 is 0 Å². The number of H-pyrrole nitrogens is 1. The van der Waals surface area contributed by atoms with E-state index in [0.717, 1.165) is 19.5 Å². The van der Waals surface area contributed by atoms with Gasteiger partial charge in [0.2, 0.25) is 0 Å². The fraction of sp³-hybridized carbons (Fsp3) is 0.333. The fourth-order valence-corrected chi connectivity index (χ4v) is 2.27. The van der Waals surface area contributed by atoms with Crippen LogP contribution in [0.5, 0.6) is 0 Å². The molecule has 1 aromatic heterocycles. The van der Waals surface area contributed by atoms with Crippen molar-refractivity contribution in [2.24, 2.45) is 5.73 Å². The number of hydrogen-bond donors (Lipinski definition) is 2. The molecule has 0 saturated heterocycles. The average Bonchev–Trinajstić information content (AvgIpc) is 2.93. The second kappa shape index (κ2) is 6.26. The predicted molar refractivity (Wildman–Crippen MR) is 76.9 cm³/mol. The molecule has 1 unspecified atom stereocenters. The molecule has 0 fully saturated rings. The molecule has 1 heterocycles. The molecule has 0 bridgehead atoms. The van der Waals surface area contributed by atoms with Gasteiger partial charge in [-0.3, -0.25) is 0 Å². The maximum atomic E-state index is 5.72. The summed E-state index contributed by atoms with van der Waals surface area (Å²) in [6, 6.07) is 12.6. The summed E-state index contributed by atoms with van der Waals surface area (Å²) >= 11 is 0. The lowest BCUT2D eigenvalue weighted by atomic mass is 9.97. The molecule has 2 aromatic rings. The summed E-state index contributed by atoms with van der Waals surface area (Å²) in [6.07, 6.45) is 5.05. The van der Waals surface area contributed by atoms with Crippen molar-refractivity contribution >= 4 is 5.69 Å². The van der Waals surface area contributed by atoms with Crippen LogP contribution < -0.4 is 10.6 Å². The van der Waals surface area contributed by atoms with Crippen LogP contribution in [0.3, 0.4) is 0 Å². The Morgan fingerprint density at radius 2 is 2.00 bits per heavy atom. The first-order chi connectivity index (χ1) is 8.81. The first-order valence-corrected chi connectivity index (χ1v) is 6.40. The third-order valence-electron chi connectivity index (χ3n) is 3.30. The molecule has 0 radical (unpaired) electrons. The van der Waals surface area contributed by atoms with Gasteiger partial charge in [0, 0.05) is 37.6 Å². The molecule has 0 aliphatic heterocycles. The summed E-state index contributed by atoms with van der Waals surface area (Å²) in [4.78, 5) is 5.41. The van der Waals surface area contributed by atoms with E-state index >= 15 is 0 Å². The second-order valence-electron chi connectivity index (χ2n) is 4.63. The molecular formula is C15H21N3. The highest BCUT2D eigenvalue weighted by atomic mass is 15.1. The van der Waals surface area contributed by atoms with Gasteiger partial charge in [-0.1, -0.05) is 18.2 Å². The van der Waals surface area contributed by atoms with E-state index in [-0.39, 0.29) is 0 Å². The third-order valence-corrected chi connectivity index (χ3v) is 3.30. The Balaban J connectivity index is 2.05. The van der Waals surface area contributed by atoms with Crippen molar-refractivity contribution in [2.75, 3.05) is 25.0 Å². The van der Waals surface area contributed by atoms with Crippen molar-refractivity contribution in [2.45, 2.75) is 12.3 Å². The first kappa shape index (κ1) is 12.7. The predicted octanol–water partition coefficient (Wildman–Crippen LogP) is 2.58. The van der Waals surface area contributed by atoms with E-state index < -0.39 is 0 Å². The van der Waals surface area contributed by atoms with Crippen molar-refractivity contribution in [3.05, 3.63) is 54.4 Å². The first-order valence-electron chi connectivity index (χ1n) is 6.40. The molecular weight excluding hydrogens is 222 g/mol. The maximum absolute atomic E-state index is 5.72. The minimum atomic E-state index is 0.478. The van der Waals surface area contributed by atoms with Crippen molar-refractivity contribution in [1.29, 1.82) is 0 Å². The molecule has 1 atom stereocenters. The molecule has 0 saturated carbocycles. The molecule has 3 nitrogen and oxygen atoms in total. The van der Waals surface area contributed by atoms with Gasteiger partial charge in [0.15, 0.2) is 0 Å². The second-order valence-corrected chi connectivity index (χ2v) is 4.63. The van der Waals surface area contributed by atoms with Crippen molar-refractivity contribution in [1.82, 2.24) is 4.98 Å². The van der Waals surface area contributed by atoms with Crippen LogP contribution in [-0.4, -0.2) is 25.1 Å². The zero-order chi connectivity index (χ0) is 12.8. The minimum absolute atomic E-state index is 0.478. The van der Waals surface area contributed by atoms with Crippen LogP contribution in [0.2, 0.25) is 0 Å². The van der Waals surface area contributed by atoms with Crippen molar-refractivity contribution in [3.8, 4) is 0 Å². The topological polar surface area (TPSA) is 45.0 Å².